The molecule has 0 saturated carbocycles. The molecule has 0 atom stereocenters. The van der Waals surface area contributed by atoms with Crippen molar-refractivity contribution < 1.29 is 0 Å². The fraction of sp³-hybridized carbons (Fsp3) is 0.500. The zero-order valence-electron chi connectivity index (χ0n) is 6.70. The molecular formula is C6H13N5. The fourth-order valence-corrected chi connectivity index (χ4v) is 0.781. The Labute approximate surface area is 65.3 Å². The highest BCUT2D eigenvalue weighted by Crippen LogP contribution is 2.16. The molecular weight excluding hydrogens is 142 g/mol. The fourth-order valence-electron chi connectivity index (χ4n) is 0.781. The molecule has 11 heavy (non-hydrogen) atoms. The van der Waals surface area contributed by atoms with Crippen LogP contribution in [0.4, 0.5) is 11.5 Å². The SMILES string of the molecule is CC(C)n1cc(NN)c(N)n1. The summed E-state index contributed by atoms with van der Waals surface area (Å²) in [7, 11) is 0. The van der Waals surface area contributed by atoms with Gasteiger partial charge in [-0.05, 0) is 13.8 Å². The van der Waals surface area contributed by atoms with Crippen LogP contribution in [0.3, 0.4) is 0 Å². The number of hydrogen-bond donors (Lipinski definition) is 3. The molecule has 62 valence electrons. The zero-order chi connectivity index (χ0) is 8.43. The van der Waals surface area contributed by atoms with E-state index in [4.69, 9.17) is 11.6 Å². The molecule has 0 spiro atoms. The Kier molecular flexibility index (Phi) is 2.00. The normalized spacial score (nSPS) is 10.5. The molecule has 5 N–H and O–H groups in total. The van der Waals surface area contributed by atoms with Crippen LogP contribution in [-0.4, -0.2) is 9.78 Å². The Bertz CT molecular complexity index is 239. The van der Waals surface area contributed by atoms with Gasteiger partial charge in [0.05, 0.1) is 6.20 Å². The summed E-state index contributed by atoms with van der Waals surface area (Å²) in [5, 5.41) is 4.03. The van der Waals surface area contributed by atoms with Crippen LogP contribution in [0.1, 0.15) is 19.9 Å². The summed E-state index contributed by atoms with van der Waals surface area (Å²) in [6, 6.07) is 0.305. The van der Waals surface area contributed by atoms with Gasteiger partial charge in [-0.25, -0.2) is 0 Å². The van der Waals surface area contributed by atoms with E-state index < -0.39 is 0 Å². The topological polar surface area (TPSA) is 81.9 Å². The van der Waals surface area contributed by atoms with E-state index in [1.807, 2.05) is 13.8 Å². The van der Waals surface area contributed by atoms with Crippen LogP contribution in [0.25, 0.3) is 0 Å². The van der Waals surface area contributed by atoms with Crippen molar-refractivity contribution in [3.05, 3.63) is 6.20 Å². The van der Waals surface area contributed by atoms with Crippen LogP contribution >= 0.6 is 0 Å². The summed E-state index contributed by atoms with van der Waals surface area (Å²) >= 11 is 0. The van der Waals surface area contributed by atoms with Gasteiger partial charge in [0.2, 0.25) is 0 Å². The summed E-state index contributed by atoms with van der Waals surface area (Å²) in [5.41, 5.74) is 8.64. The van der Waals surface area contributed by atoms with Crippen molar-refractivity contribution in [1.29, 1.82) is 0 Å². The van der Waals surface area contributed by atoms with E-state index in [0.29, 0.717) is 17.5 Å². The Balaban J connectivity index is 2.95. The minimum absolute atomic E-state index is 0.305. The molecule has 5 nitrogen and oxygen atoms in total. The molecule has 0 aliphatic carbocycles. The highest BCUT2D eigenvalue weighted by molar-refractivity contribution is 5.59. The predicted molar refractivity (Wildman–Crippen MR) is 44.8 cm³/mol. The molecule has 1 aromatic heterocycles. The van der Waals surface area contributed by atoms with Crippen molar-refractivity contribution in [1.82, 2.24) is 9.78 Å². The first-order chi connectivity index (χ1) is 5.15. The summed E-state index contributed by atoms with van der Waals surface area (Å²) in [4.78, 5) is 0. The second kappa shape index (κ2) is 2.79. The molecule has 0 radical (unpaired) electrons. The van der Waals surface area contributed by atoms with Gasteiger partial charge in [-0.2, -0.15) is 5.10 Å². The van der Waals surface area contributed by atoms with Gasteiger partial charge >= 0.3 is 0 Å². The summed E-state index contributed by atoms with van der Waals surface area (Å²) in [6.45, 7) is 4.04. The third-order valence-electron chi connectivity index (χ3n) is 1.45. The summed E-state index contributed by atoms with van der Waals surface area (Å²) in [6.07, 6.45) is 1.78. The lowest BCUT2D eigenvalue weighted by molar-refractivity contribution is 0.534. The van der Waals surface area contributed by atoms with E-state index >= 15 is 0 Å². The molecule has 1 aromatic rings. The van der Waals surface area contributed by atoms with Gasteiger partial charge < -0.3 is 11.2 Å². The lowest BCUT2D eigenvalue weighted by Gasteiger charge is -2.02. The molecule has 0 aliphatic heterocycles. The van der Waals surface area contributed by atoms with Gasteiger partial charge in [-0.3, -0.25) is 10.5 Å². The number of nitrogen functional groups attached to an aromatic ring is 2. The van der Waals surface area contributed by atoms with Crippen molar-refractivity contribution in [3.63, 3.8) is 0 Å². The summed E-state index contributed by atoms with van der Waals surface area (Å²) in [5.74, 6) is 5.61. The number of hydrazine groups is 1. The number of nitrogens with two attached hydrogens (primary N) is 2. The maximum atomic E-state index is 5.52. The lowest BCUT2D eigenvalue weighted by Crippen LogP contribution is -2.07. The summed E-state index contributed by atoms with van der Waals surface area (Å²) < 4.78 is 1.75. The molecule has 0 saturated heterocycles. The van der Waals surface area contributed by atoms with Crippen molar-refractivity contribution in [2.24, 2.45) is 5.84 Å². The highest BCUT2D eigenvalue weighted by Gasteiger charge is 2.05. The van der Waals surface area contributed by atoms with E-state index in [0.717, 1.165) is 0 Å². The Morgan fingerprint density at radius 2 is 2.27 bits per heavy atom. The third-order valence-corrected chi connectivity index (χ3v) is 1.45. The van der Waals surface area contributed by atoms with Crippen LogP contribution < -0.4 is 17.0 Å². The highest BCUT2D eigenvalue weighted by atomic mass is 15.3. The van der Waals surface area contributed by atoms with E-state index in [9.17, 15) is 0 Å². The first kappa shape index (κ1) is 7.87. The van der Waals surface area contributed by atoms with Gasteiger partial charge in [0, 0.05) is 6.04 Å². The first-order valence-electron chi connectivity index (χ1n) is 3.46. The van der Waals surface area contributed by atoms with Gasteiger partial charge in [0.15, 0.2) is 5.82 Å². The minimum Gasteiger partial charge on any atom is -0.380 e. The van der Waals surface area contributed by atoms with Crippen LogP contribution in [0.2, 0.25) is 0 Å². The van der Waals surface area contributed by atoms with Gasteiger partial charge in [-0.1, -0.05) is 0 Å². The van der Waals surface area contributed by atoms with Crippen molar-refractivity contribution >= 4 is 11.5 Å². The molecule has 1 heterocycles. The molecule has 0 fully saturated rings. The number of hydrogen-bond acceptors (Lipinski definition) is 4. The van der Waals surface area contributed by atoms with E-state index in [-0.39, 0.29) is 0 Å². The number of nitrogens with one attached hydrogen (secondary N) is 1. The number of anilines is 2. The zero-order valence-corrected chi connectivity index (χ0v) is 6.70. The third kappa shape index (κ3) is 1.43. The average molecular weight is 155 g/mol. The van der Waals surface area contributed by atoms with Gasteiger partial charge in [0.1, 0.15) is 5.69 Å². The van der Waals surface area contributed by atoms with Crippen LogP contribution in [0, 0.1) is 0 Å². The second-order valence-corrected chi connectivity index (χ2v) is 2.65. The predicted octanol–water partition coefficient (Wildman–Crippen LogP) is 0.332. The second-order valence-electron chi connectivity index (χ2n) is 2.65. The smallest absolute Gasteiger partial charge is 0.170 e. The number of aromatic nitrogens is 2. The lowest BCUT2D eigenvalue weighted by atomic mass is 10.4. The molecule has 1 rings (SSSR count). The maximum absolute atomic E-state index is 5.52. The Hall–Kier alpha value is -1.23. The van der Waals surface area contributed by atoms with Crippen molar-refractivity contribution in [2.45, 2.75) is 19.9 Å². The first-order valence-corrected chi connectivity index (χ1v) is 3.46. The Morgan fingerprint density at radius 1 is 1.64 bits per heavy atom. The standard InChI is InChI=1S/C6H13N5/c1-4(2)11-3-5(9-8)6(7)10-11/h3-4,9H,8H2,1-2H3,(H2,7,10). The number of rotatable bonds is 2. The molecule has 0 amide bonds. The van der Waals surface area contributed by atoms with Gasteiger partial charge in [-0.15, -0.1) is 0 Å². The largest absolute Gasteiger partial charge is 0.380 e. The minimum atomic E-state index is 0.305. The quantitative estimate of drug-likeness (QED) is 0.424. The van der Waals surface area contributed by atoms with Crippen LogP contribution in [0.15, 0.2) is 6.20 Å². The molecule has 0 unspecified atom stereocenters. The average Bonchev–Trinajstić information content (AvgIpc) is 2.31. The molecule has 0 bridgehead atoms. The van der Waals surface area contributed by atoms with Gasteiger partial charge in [0.25, 0.3) is 0 Å². The van der Waals surface area contributed by atoms with E-state index in [1.54, 1.807) is 10.9 Å². The number of nitrogens with zero attached hydrogens (tertiary/aromatic N) is 2. The van der Waals surface area contributed by atoms with E-state index in [1.165, 1.54) is 0 Å². The monoisotopic (exact) mass is 155 g/mol. The molecule has 0 aromatic carbocycles. The van der Waals surface area contributed by atoms with Crippen molar-refractivity contribution in [3.8, 4) is 0 Å². The van der Waals surface area contributed by atoms with Crippen LogP contribution in [0.5, 0.6) is 0 Å². The Morgan fingerprint density at radius 3 is 2.55 bits per heavy atom. The van der Waals surface area contributed by atoms with E-state index in [2.05, 4.69) is 10.5 Å². The van der Waals surface area contributed by atoms with Crippen LogP contribution in [-0.2, 0) is 0 Å². The molecule has 0 aliphatic rings. The molecule has 5 heteroatoms. The van der Waals surface area contributed by atoms with Crippen molar-refractivity contribution in [2.75, 3.05) is 11.2 Å². The maximum Gasteiger partial charge on any atom is 0.170 e.